The normalized spacial score (nSPS) is 13.9. The summed E-state index contributed by atoms with van der Waals surface area (Å²) in [5.74, 6) is 2.00. The number of rotatable bonds is 6. The van der Waals surface area contributed by atoms with Gasteiger partial charge in [0.05, 0.1) is 20.3 Å². The molecule has 3 N–H and O–H groups in total. The van der Waals surface area contributed by atoms with Gasteiger partial charge in [-0.1, -0.05) is 0 Å². The Hall–Kier alpha value is -3.78. The minimum absolute atomic E-state index is 0.508. The molecule has 0 atom stereocenters. The molecule has 0 spiro atoms. The first-order chi connectivity index (χ1) is 15.3. The molecule has 0 amide bonds. The van der Waals surface area contributed by atoms with Gasteiger partial charge in [0, 0.05) is 65.6 Å². The van der Waals surface area contributed by atoms with Gasteiger partial charge in [0.15, 0.2) is 0 Å². The number of aromatic amines is 1. The van der Waals surface area contributed by atoms with Gasteiger partial charge in [0.1, 0.15) is 11.6 Å². The summed E-state index contributed by atoms with van der Waals surface area (Å²) < 4.78 is 11.0. The van der Waals surface area contributed by atoms with Crippen molar-refractivity contribution in [3.8, 4) is 5.75 Å². The van der Waals surface area contributed by atoms with Gasteiger partial charge in [-0.3, -0.25) is 0 Å². The number of aromatic nitrogens is 3. The molecule has 2 aromatic heterocycles. The van der Waals surface area contributed by atoms with Gasteiger partial charge in [-0.25, -0.2) is 4.98 Å². The van der Waals surface area contributed by atoms with Gasteiger partial charge in [0.2, 0.25) is 5.95 Å². The summed E-state index contributed by atoms with van der Waals surface area (Å²) in [6, 6.07) is 16.1. The molecule has 0 aliphatic carbocycles. The van der Waals surface area contributed by atoms with Crippen LogP contribution in [0.3, 0.4) is 0 Å². The molecule has 1 fully saturated rings. The van der Waals surface area contributed by atoms with Gasteiger partial charge in [0.25, 0.3) is 0 Å². The SMILES string of the molecule is COc1cc(Nc2nccc(Nc3ccc4[nH]ccc4c3)n2)cc(N2CCOCC2)c1. The second-order valence-electron chi connectivity index (χ2n) is 7.31. The Morgan fingerprint density at radius 2 is 1.90 bits per heavy atom. The molecule has 31 heavy (non-hydrogen) atoms. The third-order valence-corrected chi connectivity index (χ3v) is 5.24. The van der Waals surface area contributed by atoms with Crippen LogP contribution in [-0.4, -0.2) is 48.4 Å². The largest absolute Gasteiger partial charge is 0.497 e. The molecule has 1 saturated heterocycles. The van der Waals surface area contributed by atoms with E-state index in [1.165, 1.54) is 0 Å². The average molecular weight is 416 g/mol. The quantitative estimate of drug-likeness (QED) is 0.432. The lowest BCUT2D eigenvalue weighted by molar-refractivity contribution is 0.122. The highest BCUT2D eigenvalue weighted by Gasteiger charge is 2.14. The second kappa shape index (κ2) is 8.53. The van der Waals surface area contributed by atoms with Crippen LogP contribution >= 0.6 is 0 Å². The Morgan fingerprint density at radius 3 is 2.77 bits per heavy atom. The van der Waals surface area contributed by atoms with Gasteiger partial charge < -0.3 is 30.0 Å². The van der Waals surface area contributed by atoms with Crippen molar-refractivity contribution < 1.29 is 9.47 Å². The maximum Gasteiger partial charge on any atom is 0.229 e. The van der Waals surface area contributed by atoms with Crippen LogP contribution in [0, 0.1) is 0 Å². The van der Waals surface area contributed by atoms with Crippen molar-refractivity contribution in [2.75, 3.05) is 48.9 Å². The summed E-state index contributed by atoms with van der Waals surface area (Å²) in [5, 5.41) is 7.79. The Balaban J connectivity index is 1.36. The zero-order valence-corrected chi connectivity index (χ0v) is 17.3. The molecule has 0 saturated carbocycles. The standard InChI is InChI=1S/C23H24N6O2/c1-30-20-14-18(13-19(15-20)29-8-10-31-11-9-29)27-23-25-7-5-22(28-23)26-17-2-3-21-16(12-17)4-6-24-21/h2-7,12-15,24H,8-11H2,1H3,(H2,25,26,27,28). The van der Waals surface area contributed by atoms with E-state index in [1.54, 1.807) is 13.3 Å². The van der Waals surface area contributed by atoms with E-state index < -0.39 is 0 Å². The maximum atomic E-state index is 5.50. The van der Waals surface area contributed by atoms with Crippen LogP contribution in [0.2, 0.25) is 0 Å². The number of fused-ring (bicyclic) bond motifs is 1. The third kappa shape index (κ3) is 4.39. The minimum atomic E-state index is 0.508. The number of H-pyrrole nitrogens is 1. The average Bonchev–Trinajstić information content (AvgIpc) is 3.27. The second-order valence-corrected chi connectivity index (χ2v) is 7.31. The van der Waals surface area contributed by atoms with Crippen LogP contribution in [0.25, 0.3) is 10.9 Å². The fourth-order valence-corrected chi connectivity index (χ4v) is 3.67. The molecule has 8 nitrogen and oxygen atoms in total. The molecule has 8 heteroatoms. The Bertz CT molecular complexity index is 1190. The van der Waals surface area contributed by atoms with E-state index in [2.05, 4.69) is 42.6 Å². The number of hydrogen-bond acceptors (Lipinski definition) is 7. The zero-order valence-electron chi connectivity index (χ0n) is 17.3. The predicted molar refractivity (Wildman–Crippen MR) is 123 cm³/mol. The van der Waals surface area contributed by atoms with Gasteiger partial charge in [-0.2, -0.15) is 4.98 Å². The van der Waals surface area contributed by atoms with Gasteiger partial charge in [-0.15, -0.1) is 0 Å². The molecule has 158 valence electrons. The van der Waals surface area contributed by atoms with Crippen molar-refractivity contribution in [2.45, 2.75) is 0 Å². The van der Waals surface area contributed by atoms with Crippen LogP contribution in [0.1, 0.15) is 0 Å². The number of nitrogens with one attached hydrogen (secondary N) is 3. The first kappa shape index (κ1) is 19.2. The summed E-state index contributed by atoms with van der Waals surface area (Å²) in [6.07, 6.45) is 3.66. The first-order valence-corrected chi connectivity index (χ1v) is 10.2. The molecule has 1 aliphatic heterocycles. The van der Waals surface area contributed by atoms with Crippen molar-refractivity contribution in [3.63, 3.8) is 0 Å². The Kier molecular flexibility index (Phi) is 5.28. The van der Waals surface area contributed by atoms with E-state index in [9.17, 15) is 0 Å². The zero-order chi connectivity index (χ0) is 21.0. The van der Waals surface area contributed by atoms with Gasteiger partial charge in [-0.05, 0) is 36.4 Å². The number of ether oxygens (including phenoxy) is 2. The van der Waals surface area contributed by atoms with Crippen molar-refractivity contribution in [3.05, 3.63) is 60.9 Å². The minimum Gasteiger partial charge on any atom is -0.497 e. The molecule has 2 aromatic carbocycles. The summed E-state index contributed by atoms with van der Waals surface area (Å²) in [5.41, 5.74) is 4.02. The Labute approximate surface area is 180 Å². The van der Waals surface area contributed by atoms with Crippen molar-refractivity contribution in [1.82, 2.24) is 15.0 Å². The summed E-state index contributed by atoms with van der Waals surface area (Å²) in [6.45, 7) is 3.17. The smallest absolute Gasteiger partial charge is 0.229 e. The van der Waals surface area contributed by atoms with Crippen LogP contribution in [0.5, 0.6) is 5.75 Å². The first-order valence-electron chi connectivity index (χ1n) is 10.2. The number of nitrogens with zero attached hydrogens (tertiary/aromatic N) is 3. The highest BCUT2D eigenvalue weighted by Crippen LogP contribution is 2.29. The molecule has 0 bridgehead atoms. The molecule has 5 rings (SSSR count). The number of hydrogen-bond donors (Lipinski definition) is 3. The number of morpholine rings is 1. The fraction of sp³-hybridized carbons (Fsp3) is 0.217. The Morgan fingerprint density at radius 1 is 1.00 bits per heavy atom. The molecular weight excluding hydrogens is 392 g/mol. The molecule has 0 unspecified atom stereocenters. The lowest BCUT2D eigenvalue weighted by Crippen LogP contribution is -2.36. The van der Waals surface area contributed by atoms with E-state index in [1.807, 2.05) is 42.6 Å². The van der Waals surface area contributed by atoms with E-state index in [-0.39, 0.29) is 0 Å². The van der Waals surface area contributed by atoms with Crippen LogP contribution < -0.4 is 20.3 Å². The van der Waals surface area contributed by atoms with E-state index in [0.717, 1.165) is 60.0 Å². The summed E-state index contributed by atoms with van der Waals surface area (Å²) in [4.78, 5) is 14.5. The van der Waals surface area contributed by atoms with Crippen LogP contribution in [0.4, 0.5) is 28.8 Å². The lowest BCUT2D eigenvalue weighted by Gasteiger charge is -2.29. The van der Waals surface area contributed by atoms with E-state index in [0.29, 0.717) is 11.8 Å². The monoisotopic (exact) mass is 416 g/mol. The van der Waals surface area contributed by atoms with Crippen molar-refractivity contribution in [1.29, 1.82) is 0 Å². The highest BCUT2D eigenvalue weighted by atomic mass is 16.5. The third-order valence-electron chi connectivity index (χ3n) is 5.24. The fourth-order valence-electron chi connectivity index (χ4n) is 3.67. The number of benzene rings is 2. The molecule has 0 radical (unpaired) electrons. The van der Waals surface area contributed by atoms with E-state index >= 15 is 0 Å². The van der Waals surface area contributed by atoms with Crippen LogP contribution in [0.15, 0.2) is 60.9 Å². The van der Waals surface area contributed by atoms with E-state index in [4.69, 9.17) is 9.47 Å². The topological polar surface area (TPSA) is 87.3 Å². The van der Waals surface area contributed by atoms with Gasteiger partial charge >= 0.3 is 0 Å². The molecular formula is C23H24N6O2. The molecule has 1 aliphatic rings. The highest BCUT2D eigenvalue weighted by molar-refractivity contribution is 5.83. The maximum absolute atomic E-state index is 5.50. The predicted octanol–water partition coefficient (Wildman–Crippen LogP) is 4.29. The van der Waals surface area contributed by atoms with Crippen molar-refractivity contribution in [2.24, 2.45) is 0 Å². The number of anilines is 5. The summed E-state index contributed by atoms with van der Waals surface area (Å²) in [7, 11) is 1.67. The van der Waals surface area contributed by atoms with Crippen LogP contribution in [-0.2, 0) is 4.74 Å². The summed E-state index contributed by atoms with van der Waals surface area (Å²) >= 11 is 0. The molecule has 3 heterocycles. The molecule has 4 aromatic rings. The van der Waals surface area contributed by atoms with Crippen molar-refractivity contribution >= 4 is 39.7 Å². The lowest BCUT2D eigenvalue weighted by atomic mass is 10.2. The number of methoxy groups -OCH3 is 1.